The largest absolute Gasteiger partial charge is 0.309 e. The minimum Gasteiger partial charge on any atom is -0.309 e. The standard InChI is InChI=1S/C44H28N6/c1-5-16-38-33(12-1)34-13-2-6-17-39(34)50(38)32-20-21-41-36(28-32)35-14-3-7-18-40(35)49(41)31-11-9-10-29(26-31)30-22-23-45-43(27-30)48-25-24-47-42-19-8-4-15-37(42)46-44(47)48/h1-28H. The topological polar surface area (TPSA) is 45.0 Å². The summed E-state index contributed by atoms with van der Waals surface area (Å²) in [6.45, 7) is 0. The van der Waals surface area contributed by atoms with E-state index in [2.05, 4.69) is 158 Å². The fourth-order valence-electron chi connectivity index (χ4n) is 7.86. The number of aromatic nitrogens is 6. The molecule has 0 N–H and O–H groups in total. The van der Waals surface area contributed by atoms with E-state index in [9.17, 15) is 0 Å². The third-order valence-corrected chi connectivity index (χ3v) is 10.1. The van der Waals surface area contributed by atoms with Crippen molar-refractivity contribution in [1.82, 2.24) is 28.1 Å². The monoisotopic (exact) mass is 640 g/mol. The molecule has 0 aliphatic carbocycles. The fourth-order valence-corrected chi connectivity index (χ4v) is 7.86. The van der Waals surface area contributed by atoms with E-state index in [0.717, 1.165) is 45.1 Å². The number of hydrogen-bond acceptors (Lipinski definition) is 2. The van der Waals surface area contributed by atoms with E-state index in [1.807, 2.05) is 30.6 Å². The molecule has 6 nitrogen and oxygen atoms in total. The molecule has 6 aromatic carbocycles. The Bertz CT molecular complexity index is 3060. The molecule has 0 atom stereocenters. The van der Waals surface area contributed by atoms with E-state index >= 15 is 0 Å². The molecular formula is C44H28N6. The molecule has 234 valence electrons. The van der Waals surface area contributed by atoms with Gasteiger partial charge in [-0.2, -0.15) is 0 Å². The van der Waals surface area contributed by atoms with Gasteiger partial charge in [0, 0.05) is 51.5 Å². The molecule has 0 saturated carbocycles. The Morgan fingerprint density at radius 2 is 1.02 bits per heavy atom. The van der Waals surface area contributed by atoms with E-state index < -0.39 is 0 Å². The van der Waals surface area contributed by atoms with Crippen LogP contribution in [-0.2, 0) is 0 Å². The van der Waals surface area contributed by atoms with Crippen LogP contribution in [0.25, 0.3) is 88.7 Å². The van der Waals surface area contributed by atoms with Gasteiger partial charge < -0.3 is 9.13 Å². The van der Waals surface area contributed by atoms with Crippen LogP contribution in [0.2, 0.25) is 0 Å². The molecule has 5 heterocycles. The maximum atomic E-state index is 4.89. The highest BCUT2D eigenvalue weighted by Crippen LogP contribution is 2.37. The molecule has 0 fully saturated rings. The van der Waals surface area contributed by atoms with Crippen LogP contribution in [0.5, 0.6) is 0 Å². The van der Waals surface area contributed by atoms with Gasteiger partial charge in [0.05, 0.1) is 33.1 Å². The molecule has 0 aliphatic rings. The minimum atomic E-state index is 0.827. The molecule has 0 saturated heterocycles. The van der Waals surface area contributed by atoms with Crippen LogP contribution in [0.1, 0.15) is 0 Å². The molecule has 0 aliphatic heterocycles. The van der Waals surface area contributed by atoms with E-state index in [1.54, 1.807) is 0 Å². The lowest BCUT2D eigenvalue weighted by Gasteiger charge is -2.12. The van der Waals surface area contributed by atoms with Crippen molar-refractivity contribution < 1.29 is 0 Å². The van der Waals surface area contributed by atoms with Crippen LogP contribution < -0.4 is 0 Å². The highest BCUT2D eigenvalue weighted by atomic mass is 15.2. The van der Waals surface area contributed by atoms with Crippen LogP contribution >= 0.6 is 0 Å². The molecule has 5 aromatic heterocycles. The summed E-state index contributed by atoms with van der Waals surface area (Å²) in [6, 6.07) is 54.2. The third kappa shape index (κ3) is 3.84. The SMILES string of the molecule is c1cc(-c2ccnc(-n3ccn4c5ccccc5nc34)c2)cc(-n2c3ccccc3c3cc(-n4c5ccccc5c5ccccc54)ccc32)c1. The minimum absolute atomic E-state index is 0.827. The Hall–Kier alpha value is -6.92. The average Bonchev–Trinajstić information content (AvgIpc) is 3.93. The summed E-state index contributed by atoms with van der Waals surface area (Å²) in [5, 5.41) is 4.98. The molecule has 0 unspecified atom stereocenters. The third-order valence-electron chi connectivity index (χ3n) is 10.1. The summed E-state index contributed by atoms with van der Waals surface area (Å²) in [6.07, 6.45) is 5.96. The van der Waals surface area contributed by atoms with Crippen LogP contribution in [0.4, 0.5) is 0 Å². The molecule has 0 spiro atoms. The van der Waals surface area contributed by atoms with Gasteiger partial charge in [-0.1, -0.05) is 78.9 Å². The quantitative estimate of drug-likeness (QED) is 0.192. The second-order valence-corrected chi connectivity index (χ2v) is 12.8. The molecule has 0 radical (unpaired) electrons. The van der Waals surface area contributed by atoms with Crippen LogP contribution in [-0.4, -0.2) is 28.1 Å². The van der Waals surface area contributed by atoms with Gasteiger partial charge in [-0.3, -0.25) is 8.97 Å². The van der Waals surface area contributed by atoms with Crippen molar-refractivity contribution in [3.63, 3.8) is 0 Å². The first-order chi connectivity index (χ1) is 24.8. The van der Waals surface area contributed by atoms with Crippen molar-refractivity contribution in [3.05, 3.63) is 170 Å². The van der Waals surface area contributed by atoms with Gasteiger partial charge in [-0.05, 0) is 83.9 Å². The first kappa shape index (κ1) is 27.1. The van der Waals surface area contributed by atoms with E-state index in [1.165, 1.54) is 43.6 Å². The summed E-state index contributed by atoms with van der Waals surface area (Å²) in [5.74, 6) is 1.67. The zero-order valence-electron chi connectivity index (χ0n) is 26.8. The number of pyridine rings is 1. The summed E-state index contributed by atoms with van der Waals surface area (Å²) in [4.78, 5) is 9.64. The van der Waals surface area contributed by atoms with Crippen molar-refractivity contribution >= 4 is 60.4 Å². The molecule has 0 amide bonds. The van der Waals surface area contributed by atoms with Crippen molar-refractivity contribution in [1.29, 1.82) is 0 Å². The van der Waals surface area contributed by atoms with Gasteiger partial charge in [-0.25, -0.2) is 9.97 Å². The van der Waals surface area contributed by atoms with Gasteiger partial charge in [0.2, 0.25) is 5.78 Å². The number of benzene rings is 6. The van der Waals surface area contributed by atoms with Crippen molar-refractivity contribution in [2.45, 2.75) is 0 Å². The van der Waals surface area contributed by atoms with Crippen molar-refractivity contribution in [2.75, 3.05) is 0 Å². The van der Waals surface area contributed by atoms with E-state index in [4.69, 9.17) is 9.97 Å². The molecule has 11 aromatic rings. The highest BCUT2D eigenvalue weighted by Gasteiger charge is 2.17. The second kappa shape index (κ2) is 10.3. The Morgan fingerprint density at radius 1 is 0.420 bits per heavy atom. The van der Waals surface area contributed by atoms with Gasteiger partial charge in [-0.15, -0.1) is 0 Å². The number of hydrogen-bond donors (Lipinski definition) is 0. The summed E-state index contributed by atoms with van der Waals surface area (Å²) < 4.78 is 8.94. The van der Waals surface area contributed by atoms with Crippen LogP contribution in [0.15, 0.2) is 170 Å². The zero-order valence-corrected chi connectivity index (χ0v) is 26.8. The highest BCUT2D eigenvalue weighted by molar-refractivity contribution is 6.12. The van der Waals surface area contributed by atoms with Gasteiger partial charge >= 0.3 is 0 Å². The Labute approximate surface area is 286 Å². The summed E-state index contributed by atoms with van der Waals surface area (Å²) >= 11 is 0. The molecule has 0 bridgehead atoms. The molecule has 6 heteroatoms. The average molecular weight is 641 g/mol. The predicted molar refractivity (Wildman–Crippen MR) is 204 cm³/mol. The van der Waals surface area contributed by atoms with E-state index in [0.29, 0.717) is 0 Å². The maximum Gasteiger partial charge on any atom is 0.220 e. The number of rotatable bonds is 4. The first-order valence-electron chi connectivity index (χ1n) is 16.8. The van der Waals surface area contributed by atoms with Gasteiger partial charge in [0.25, 0.3) is 0 Å². The normalized spacial score (nSPS) is 12.0. The van der Waals surface area contributed by atoms with Gasteiger partial charge in [0.15, 0.2) is 0 Å². The Morgan fingerprint density at radius 3 is 1.76 bits per heavy atom. The predicted octanol–water partition coefficient (Wildman–Crippen LogP) is 10.5. The lowest BCUT2D eigenvalue weighted by atomic mass is 10.1. The van der Waals surface area contributed by atoms with Crippen LogP contribution in [0, 0.1) is 0 Å². The van der Waals surface area contributed by atoms with Crippen LogP contribution in [0.3, 0.4) is 0 Å². The number of imidazole rings is 2. The molecule has 50 heavy (non-hydrogen) atoms. The molecular weight excluding hydrogens is 613 g/mol. The Balaban J connectivity index is 1.06. The van der Waals surface area contributed by atoms with Gasteiger partial charge in [0.1, 0.15) is 5.82 Å². The first-order valence-corrected chi connectivity index (χ1v) is 16.8. The number of fused-ring (bicyclic) bond motifs is 9. The smallest absolute Gasteiger partial charge is 0.220 e. The number of para-hydroxylation sites is 5. The molecule has 11 rings (SSSR count). The van der Waals surface area contributed by atoms with Crippen molar-refractivity contribution in [2.24, 2.45) is 0 Å². The Kier molecular flexibility index (Phi) is 5.57. The second-order valence-electron chi connectivity index (χ2n) is 12.8. The van der Waals surface area contributed by atoms with Crippen molar-refractivity contribution in [3.8, 4) is 28.3 Å². The lowest BCUT2D eigenvalue weighted by Crippen LogP contribution is -1.98. The number of nitrogens with zero attached hydrogens (tertiary/aromatic N) is 6. The maximum absolute atomic E-state index is 4.89. The lowest BCUT2D eigenvalue weighted by molar-refractivity contribution is 1.01. The summed E-state index contributed by atoms with van der Waals surface area (Å²) in [7, 11) is 0. The fraction of sp³-hybridized carbons (Fsp3) is 0. The summed E-state index contributed by atoms with van der Waals surface area (Å²) in [5.41, 5.74) is 11.3. The zero-order chi connectivity index (χ0) is 32.8. The van der Waals surface area contributed by atoms with E-state index in [-0.39, 0.29) is 0 Å².